The summed E-state index contributed by atoms with van der Waals surface area (Å²) in [5.41, 5.74) is 2.71. The fourth-order valence-corrected chi connectivity index (χ4v) is 2.53. The van der Waals surface area contributed by atoms with Crippen molar-refractivity contribution in [1.29, 1.82) is 5.41 Å². The highest BCUT2D eigenvalue weighted by molar-refractivity contribution is 6.32. The van der Waals surface area contributed by atoms with Crippen molar-refractivity contribution >= 4 is 34.4 Å². The third-order valence-corrected chi connectivity index (χ3v) is 3.97. The maximum absolute atomic E-state index is 10.8. The molecule has 0 atom stereocenters. The average Bonchev–Trinajstić information content (AvgIpc) is 2.60. The van der Waals surface area contributed by atoms with Crippen LogP contribution in [-0.4, -0.2) is 10.6 Å². The van der Waals surface area contributed by atoms with Gasteiger partial charge in [-0.25, -0.2) is 0 Å². The molecule has 0 radical (unpaired) electrons. The van der Waals surface area contributed by atoms with Crippen molar-refractivity contribution in [2.45, 2.75) is 26.2 Å². The van der Waals surface area contributed by atoms with Crippen molar-refractivity contribution in [2.75, 3.05) is 5.32 Å². The first-order chi connectivity index (χ1) is 12.0. The minimum Gasteiger partial charge on any atom is -0.355 e. The van der Waals surface area contributed by atoms with Crippen molar-refractivity contribution < 1.29 is 4.92 Å². The fraction of sp³-hybridized carbons (Fsp3) is 0.211. The third kappa shape index (κ3) is 5.43. The van der Waals surface area contributed by atoms with Crippen LogP contribution >= 0.6 is 11.6 Å². The van der Waals surface area contributed by atoms with Crippen LogP contribution in [0.25, 0.3) is 5.70 Å². The molecule has 0 amide bonds. The number of unbranched alkanes of at least 4 members (excludes halogenated alkanes) is 1. The first-order valence-corrected chi connectivity index (χ1v) is 8.44. The minimum absolute atomic E-state index is 0.0320. The molecule has 0 spiro atoms. The van der Waals surface area contributed by atoms with E-state index in [2.05, 4.69) is 12.2 Å². The highest BCUT2D eigenvalue weighted by atomic mass is 35.5. The normalized spacial score (nSPS) is 11.2. The van der Waals surface area contributed by atoms with Crippen molar-refractivity contribution in [1.82, 2.24) is 0 Å². The van der Waals surface area contributed by atoms with Gasteiger partial charge in [0.15, 0.2) is 0 Å². The number of rotatable bonds is 8. The van der Waals surface area contributed by atoms with E-state index in [0.717, 1.165) is 18.4 Å². The number of anilines is 1. The summed E-state index contributed by atoms with van der Waals surface area (Å²) in [4.78, 5) is 10.3. The lowest BCUT2D eigenvalue weighted by Gasteiger charge is -2.13. The lowest BCUT2D eigenvalue weighted by atomic mass is 10.1. The van der Waals surface area contributed by atoms with Crippen LogP contribution < -0.4 is 5.32 Å². The first kappa shape index (κ1) is 18.7. The van der Waals surface area contributed by atoms with Gasteiger partial charge in [0.1, 0.15) is 0 Å². The number of hydrogen-bond acceptors (Lipinski definition) is 4. The molecule has 0 saturated heterocycles. The number of nitro benzene ring substituents is 1. The molecule has 0 bridgehead atoms. The van der Waals surface area contributed by atoms with Crippen molar-refractivity contribution in [2.24, 2.45) is 0 Å². The number of nitro groups is 1. The molecule has 2 aromatic carbocycles. The molecule has 25 heavy (non-hydrogen) atoms. The average molecular weight is 358 g/mol. The predicted molar refractivity (Wildman–Crippen MR) is 103 cm³/mol. The van der Waals surface area contributed by atoms with Gasteiger partial charge in [0.25, 0.3) is 5.69 Å². The van der Waals surface area contributed by atoms with Gasteiger partial charge in [-0.15, -0.1) is 0 Å². The van der Waals surface area contributed by atoms with Gasteiger partial charge in [-0.05, 0) is 37.1 Å². The van der Waals surface area contributed by atoms with Crippen LogP contribution in [0.3, 0.4) is 0 Å². The lowest BCUT2D eigenvalue weighted by molar-refractivity contribution is -0.384. The molecular weight excluding hydrogens is 338 g/mol. The molecule has 2 rings (SSSR count). The van der Waals surface area contributed by atoms with E-state index in [0.29, 0.717) is 28.5 Å². The highest BCUT2D eigenvalue weighted by Crippen LogP contribution is 2.26. The monoisotopic (exact) mass is 357 g/mol. The molecule has 0 fully saturated rings. The Hall–Kier alpha value is -2.66. The Labute approximate surface area is 152 Å². The second-order valence-electron chi connectivity index (χ2n) is 5.60. The molecule has 0 heterocycles. The Morgan fingerprint density at radius 3 is 2.52 bits per heavy atom. The molecule has 0 unspecified atom stereocenters. The number of nitrogens with zero attached hydrogens (tertiary/aromatic N) is 1. The van der Waals surface area contributed by atoms with E-state index in [4.69, 9.17) is 17.0 Å². The second-order valence-corrected chi connectivity index (χ2v) is 6.00. The third-order valence-electron chi connectivity index (χ3n) is 3.64. The Balaban J connectivity index is 2.31. The number of non-ortho nitro benzene ring substituents is 1. The Morgan fingerprint density at radius 1 is 1.24 bits per heavy atom. The summed E-state index contributed by atoms with van der Waals surface area (Å²) in [7, 11) is 0. The Morgan fingerprint density at radius 2 is 1.92 bits per heavy atom. The van der Waals surface area contributed by atoms with Crippen LogP contribution in [0.2, 0.25) is 5.02 Å². The second kappa shape index (κ2) is 8.99. The smallest absolute Gasteiger partial charge is 0.269 e. The van der Waals surface area contributed by atoms with Crippen molar-refractivity contribution in [3.63, 3.8) is 0 Å². The summed E-state index contributed by atoms with van der Waals surface area (Å²) < 4.78 is 0. The molecular formula is C19H20ClN3O2. The van der Waals surface area contributed by atoms with E-state index in [9.17, 15) is 10.1 Å². The summed E-state index contributed by atoms with van der Waals surface area (Å²) in [5.74, 6) is 0. The number of nitrogens with one attached hydrogen (secondary N) is 2. The molecule has 6 heteroatoms. The molecule has 5 nitrogen and oxygen atoms in total. The van der Waals surface area contributed by atoms with Gasteiger partial charge in [0.05, 0.1) is 4.92 Å². The van der Waals surface area contributed by atoms with Crippen molar-refractivity contribution in [3.8, 4) is 0 Å². The summed E-state index contributed by atoms with van der Waals surface area (Å²) in [6, 6.07) is 13.5. The zero-order valence-corrected chi connectivity index (χ0v) is 14.7. The molecule has 2 aromatic rings. The van der Waals surface area contributed by atoms with Gasteiger partial charge in [-0.3, -0.25) is 10.1 Å². The van der Waals surface area contributed by atoms with E-state index >= 15 is 0 Å². The molecule has 0 saturated carbocycles. The molecule has 0 aromatic heterocycles. The standard InChI is InChI=1S/C19H20ClN3O2/c1-2-3-6-14(21)13-19(17-7-4-5-8-18(17)20)22-15-9-11-16(12-10-15)23(24)25/h4-5,7-13,21-22H,2-3,6H2,1H3/b19-13-,21-14?. The summed E-state index contributed by atoms with van der Waals surface area (Å²) in [6.07, 6.45) is 4.42. The van der Waals surface area contributed by atoms with E-state index < -0.39 is 4.92 Å². The van der Waals surface area contributed by atoms with Crippen LogP contribution in [0.5, 0.6) is 0 Å². The van der Waals surface area contributed by atoms with Crippen LogP contribution in [0.4, 0.5) is 11.4 Å². The predicted octanol–water partition coefficient (Wildman–Crippen LogP) is 5.91. The van der Waals surface area contributed by atoms with Gasteiger partial charge in [0, 0.05) is 39.8 Å². The minimum atomic E-state index is -0.435. The molecule has 0 aliphatic heterocycles. The van der Waals surface area contributed by atoms with Crippen LogP contribution in [0.1, 0.15) is 31.7 Å². The van der Waals surface area contributed by atoms with E-state index in [1.807, 2.05) is 18.2 Å². The zero-order chi connectivity index (χ0) is 18.2. The van der Waals surface area contributed by atoms with Gasteiger partial charge in [-0.1, -0.05) is 43.1 Å². The maximum Gasteiger partial charge on any atom is 0.269 e. The molecule has 2 N–H and O–H groups in total. The van der Waals surface area contributed by atoms with Gasteiger partial charge in [-0.2, -0.15) is 0 Å². The maximum atomic E-state index is 10.8. The highest BCUT2D eigenvalue weighted by Gasteiger charge is 2.09. The van der Waals surface area contributed by atoms with E-state index in [-0.39, 0.29) is 5.69 Å². The quantitative estimate of drug-likeness (QED) is 0.350. The molecule has 0 aliphatic carbocycles. The number of halogens is 1. The van der Waals surface area contributed by atoms with Crippen LogP contribution in [0, 0.1) is 15.5 Å². The fourth-order valence-electron chi connectivity index (χ4n) is 2.30. The topological polar surface area (TPSA) is 79.0 Å². The Kier molecular flexibility index (Phi) is 6.71. The largest absolute Gasteiger partial charge is 0.355 e. The first-order valence-electron chi connectivity index (χ1n) is 8.06. The summed E-state index contributed by atoms with van der Waals surface area (Å²) in [5, 5.41) is 22.7. The Bertz CT molecular complexity index is 786. The van der Waals surface area contributed by atoms with Crippen molar-refractivity contribution in [3.05, 3.63) is 75.3 Å². The van der Waals surface area contributed by atoms with Gasteiger partial charge >= 0.3 is 0 Å². The lowest BCUT2D eigenvalue weighted by Crippen LogP contribution is -2.03. The SMILES string of the molecule is CCCCC(=N)/C=C(\Nc1ccc([N+](=O)[O-])cc1)c1ccccc1Cl. The van der Waals surface area contributed by atoms with Crippen LogP contribution in [-0.2, 0) is 0 Å². The van der Waals surface area contributed by atoms with E-state index in [1.165, 1.54) is 12.1 Å². The number of benzene rings is 2. The van der Waals surface area contributed by atoms with Gasteiger partial charge < -0.3 is 10.7 Å². The number of allylic oxidation sites excluding steroid dienone is 1. The number of hydrogen-bond donors (Lipinski definition) is 2. The van der Waals surface area contributed by atoms with Crippen LogP contribution in [0.15, 0.2) is 54.6 Å². The van der Waals surface area contributed by atoms with E-state index in [1.54, 1.807) is 24.3 Å². The molecule has 130 valence electrons. The van der Waals surface area contributed by atoms with Gasteiger partial charge in [0.2, 0.25) is 0 Å². The zero-order valence-electron chi connectivity index (χ0n) is 14.0. The summed E-state index contributed by atoms with van der Waals surface area (Å²) >= 11 is 6.30. The summed E-state index contributed by atoms with van der Waals surface area (Å²) in [6.45, 7) is 2.08. The molecule has 0 aliphatic rings.